The van der Waals surface area contributed by atoms with Crippen LogP contribution in [0.2, 0.25) is 0 Å². The lowest BCUT2D eigenvalue weighted by molar-refractivity contribution is 0.299. The summed E-state index contributed by atoms with van der Waals surface area (Å²) in [6.45, 7) is 6.19. The smallest absolute Gasteiger partial charge is 0.263 e. The molecule has 200 valence electrons. The molecule has 38 heavy (non-hydrogen) atoms. The monoisotopic (exact) mass is 536 g/mol. The van der Waals surface area contributed by atoms with E-state index in [1.54, 1.807) is 12.1 Å². The van der Waals surface area contributed by atoms with Crippen LogP contribution < -0.4 is 11.1 Å². The van der Waals surface area contributed by atoms with Gasteiger partial charge in [-0.2, -0.15) is 9.97 Å². The second-order valence-electron chi connectivity index (χ2n) is 9.99. The van der Waals surface area contributed by atoms with Crippen LogP contribution in [-0.2, 0) is 28.1 Å². The Labute approximate surface area is 222 Å². The number of benzene rings is 2. The number of anilines is 3. The molecular weight excluding hydrogens is 504 g/mol. The van der Waals surface area contributed by atoms with Crippen molar-refractivity contribution in [3.8, 4) is 11.5 Å². The SMILES string of the molecule is CC(C)(C)c1noc(-c2cnc(Nc3ccc4c(c3)CCCS4(=O)=O)nc2N)n1.OCCc1ccccc1. The maximum absolute atomic E-state index is 12.1. The van der Waals surface area contributed by atoms with Crippen LogP contribution >= 0.6 is 0 Å². The normalized spacial score (nSPS) is 14.2. The van der Waals surface area contributed by atoms with Gasteiger partial charge in [0.25, 0.3) is 5.89 Å². The Hall–Kier alpha value is -3.83. The van der Waals surface area contributed by atoms with Crippen molar-refractivity contribution in [3.63, 3.8) is 0 Å². The van der Waals surface area contributed by atoms with Gasteiger partial charge in [0, 0.05) is 23.9 Å². The third-order valence-electron chi connectivity index (χ3n) is 5.90. The number of rotatable bonds is 5. The summed E-state index contributed by atoms with van der Waals surface area (Å²) in [7, 11) is -3.19. The molecule has 4 N–H and O–H groups in total. The first-order valence-electron chi connectivity index (χ1n) is 12.3. The highest BCUT2D eigenvalue weighted by Gasteiger charge is 2.24. The molecular formula is C27H32N6O4S. The average molecular weight is 537 g/mol. The molecule has 10 nitrogen and oxygen atoms in total. The minimum Gasteiger partial charge on any atom is -0.396 e. The van der Waals surface area contributed by atoms with E-state index < -0.39 is 9.84 Å². The molecule has 0 unspecified atom stereocenters. The fraction of sp³-hybridized carbons (Fsp3) is 0.333. The van der Waals surface area contributed by atoms with E-state index in [0.717, 1.165) is 18.4 Å². The van der Waals surface area contributed by atoms with E-state index in [2.05, 4.69) is 25.4 Å². The minimum absolute atomic E-state index is 0.195. The van der Waals surface area contributed by atoms with Crippen molar-refractivity contribution >= 4 is 27.3 Å². The summed E-state index contributed by atoms with van der Waals surface area (Å²) in [5.74, 6) is 1.52. The minimum atomic E-state index is -3.19. The fourth-order valence-corrected chi connectivity index (χ4v) is 5.46. The molecule has 0 bridgehead atoms. The molecule has 2 aromatic carbocycles. The van der Waals surface area contributed by atoms with Gasteiger partial charge in [-0.15, -0.1) is 0 Å². The number of nitrogens with two attached hydrogens (primary N) is 1. The maximum Gasteiger partial charge on any atom is 0.263 e. The van der Waals surface area contributed by atoms with Gasteiger partial charge in [0.05, 0.1) is 10.6 Å². The lowest BCUT2D eigenvalue weighted by Crippen LogP contribution is -2.16. The largest absolute Gasteiger partial charge is 0.396 e. The zero-order valence-corrected chi connectivity index (χ0v) is 22.5. The Morgan fingerprint density at radius 1 is 1.11 bits per heavy atom. The van der Waals surface area contributed by atoms with Crippen molar-refractivity contribution in [2.45, 2.75) is 50.3 Å². The highest BCUT2D eigenvalue weighted by molar-refractivity contribution is 7.91. The van der Waals surface area contributed by atoms with Gasteiger partial charge in [-0.25, -0.2) is 13.4 Å². The number of aliphatic hydroxyl groups is 1. The lowest BCUT2D eigenvalue weighted by Gasteiger charge is -2.17. The lowest BCUT2D eigenvalue weighted by atomic mass is 9.96. The van der Waals surface area contributed by atoms with Gasteiger partial charge in [-0.3, -0.25) is 0 Å². The third-order valence-corrected chi connectivity index (χ3v) is 7.79. The number of nitrogens with one attached hydrogen (secondary N) is 1. The molecule has 0 aliphatic carbocycles. The first-order chi connectivity index (χ1) is 18.1. The van der Waals surface area contributed by atoms with Crippen LogP contribution in [0, 0.1) is 0 Å². The van der Waals surface area contributed by atoms with Crippen LogP contribution in [0.25, 0.3) is 11.5 Å². The van der Waals surface area contributed by atoms with Crippen molar-refractivity contribution in [2.75, 3.05) is 23.4 Å². The van der Waals surface area contributed by atoms with E-state index in [0.29, 0.717) is 34.3 Å². The molecule has 0 spiro atoms. The summed E-state index contributed by atoms with van der Waals surface area (Å²) < 4.78 is 29.6. The summed E-state index contributed by atoms with van der Waals surface area (Å²) in [4.78, 5) is 13.3. The molecule has 0 atom stereocenters. The molecule has 0 saturated carbocycles. The average Bonchev–Trinajstić information content (AvgIpc) is 3.36. The van der Waals surface area contributed by atoms with Gasteiger partial charge in [0.1, 0.15) is 11.4 Å². The van der Waals surface area contributed by atoms with Crippen LogP contribution in [0.4, 0.5) is 17.5 Å². The third kappa shape index (κ3) is 6.53. The number of hydrogen-bond acceptors (Lipinski definition) is 10. The highest BCUT2D eigenvalue weighted by atomic mass is 32.2. The number of aromatic nitrogens is 4. The Morgan fingerprint density at radius 2 is 1.87 bits per heavy atom. The number of fused-ring (bicyclic) bond motifs is 1. The van der Waals surface area contributed by atoms with Gasteiger partial charge in [0.2, 0.25) is 5.95 Å². The number of aryl methyl sites for hydroxylation is 1. The zero-order valence-electron chi connectivity index (χ0n) is 21.7. The fourth-order valence-electron chi connectivity index (χ4n) is 3.88. The molecule has 0 fully saturated rings. The molecule has 1 aliphatic heterocycles. The predicted molar refractivity (Wildman–Crippen MR) is 146 cm³/mol. The van der Waals surface area contributed by atoms with Crippen LogP contribution in [0.5, 0.6) is 0 Å². The zero-order chi connectivity index (χ0) is 27.3. The Bertz CT molecular complexity index is 1500. The van der Waals surface area contributed by atoms with E-state index >= 15 is 0 Å². The van der Waals surface area contributed by atoms with Crippen LogP contribution in [0.3, 0.4) is 0 Å². The Kier molecular flexibility index (Phi) is 8.08. The first kappa shape index (κ1) is 27.2. The molecule has 2 aromatic heterocycles. The van der Waals surface area contributed by atoms with Gasteiger partial charge in [0.15, 0.2) is 15.7 Å². The van der Waals surface area contributed by atoms with E-state index in [1.807, 2.05) is 57.2 Å². The number of nitrogen functional groups attached to an aromatic ring is 1. The van der Waals surface area contributed by atoms with Crippen LogP contribution in [-0.4, -0.2) is 46.0 Å². The summed E-state index contributed by atoms with van der Waals surface area (Å²) in [5, 5.41) is 15.6. The molecule has 0 saturated heterocycles. The molecule has 4 aromatic rings. The van der Waals surface area contributed by atoms with Crippen molar-refractivity contribution in [1.82, 2.24) is 20.1 Å². The second-order valence-corrected chi connectivity index (χ2v) is 12.1. The van der Waals surface area contributed by atoms with E-state index in [-0.39, 0.29) is 29.5 Å². The van der Waals surface area contributed by atoms with E-state index in [1.165, 1.54) is 11.8 Å². The van der Waals surface area contributed by atoms with Crippen molar-refractivity contribution in [1.29, 1.82) is 0 Å². The van der Waals surface area contributed by atoms with E-state index in [9.17, 15) is 8.42 Å². The standard InChI is InChI=1S/C19H22N6O3S.C8H10O/c1-19(2,3)17-24-16(28-25-17)13-10-21-18(23-15(13)20)22-12-6-7-14-11(9-12)5-4-8-29(14,26)27;9-7-6-8-4-2-1-3-5-8/h6-7,9-10H,4-5,8H2,1-3H3,(H3,20,21,22,23);1-5,9H,6-7H2. The van der Waals surface area contributed by atoms with Crippen LogP contribution in [0.1, 0.15) is 44.1 Å². The molecule has 1 aliphatic rings. The van der Waals surface area contributed by atoms with Crippen molar-refractivity contribution in [2.24, 2.45) is 0 Å². The molecule has 11 heteroatoms. The first-order valence-corrected chi connectivity index (χ1v) is 14.0. The van der Waals surface area contributed by atoms with Gasteiger partial charge in [-0.1, -0.05) is 56.3 Å². The summed E-state index contributed by atoms with van der Waals surface area (Å²) in [6, 6.07) is 15.1. The second kappa shape index (κ2) is 11.3. The maximum atomic E-state index is 12.1. The summed E-state index contributed by atoms with van der Waals surface area (Å²) in [6.07, 6.45) is 3.63. The van der Waals surface area contributed by atoms with Gasteiger partial charge < -0.3 is 20.7 Å². The number of sulfone groups is 1. The predicted octanol–water partition coefficient (Wildman–Crippen LogP) is 4.09. The van der Waals surface area contributed by atoms with Gasteiger partial charge >= 0.3 is 0 Å². The Morgan fingerprint density at radius 3 is 2.53 bits per heavy atom. The molecule has 5 rings (SSSR count). The summed E-state index contributed by atoms with van der Waals surface area (Å²) in [5.41, 5.74) is 8.96. The van der Waals surface area contributed by atoms with E-state index in [4.69, 9.17) is 15.4 Å². The molecule has 0 amide bonds. The van der Waals surface area contributed by atoms with Crippen LogP contribution in [0.15, 0.2) is 64.1 Å². The van der Waals surface area contributed by atoms with Crippen molar-refractivity contribution < 1.29 is 18.0 Å². The molecule has 0 radical (unpaired) electrons. The highest BCUT2D eigenvalue weighted by Crippen LogP contribution is 2.30. The number of hydrogen-bond donors (Lipinski definition) is 3. The Balaban J connectivity index is 0.000000317. The van der Waals surface area contributed by atoms with Crippen molar-refractivity contribution in [3.05, 3.63) is 71.7 Å². The number of nitrogens with zero attached hydrogens (tertiary/aromatic N) is 4. The summed E-state index contributed by atoms with van der Waals surface area (Å²) >= 11 is 0. The van der Waals surface area contributed by atoms with Gasteiger partial charge in [-0.05, 0) is 48.6 Å². The number of aliphatic hydroxyl groups excluding tert-OH is 1. The quantitative estimate of drug-likeness (QED) is 0.339. The topological polar surface area (TPSA) is 157 Å². The molecule has 3 heterocycles.